The van der Waals surface area contributed by atoms with Crippen LogP contribution in [0.15, 0.2) is 55.1 Å². The summed E-state index contributed by atoms with van der Waals surface area (Å²) in [7, 11) is 3.12. The van der Waals surface area contributed by atoms with E-state index >= 15 is 0 Å². The van der Waals surface area contributed by atoms with E-state index in [4.69, 9.17) is 15.9 Å². The van der Waals surface area contributed by atoms with Gasteiger partial charge in [-0.25, -0.2) is 9.78 Å². The van der Waals surface area contributed by atoms with Crippen molar-refractivity contribution in [3.63, 3.8) is 0 Å². The largest absolute Gasteiger partial charge is 0.496 e. The molecule has 1 heterocycles. The van der Waals surface area contributed by atoms with Gasteiger partial charge in [0.2, 0.25) is 0 Å². The normalized spacial score (nSPS) is 12.1. The lowest BCUT2D eigenvalue weighted by molar-refractivity contribution is 0.0690. The van der Waals surface area contributed by atoms with Gasteiger partial charge in [-0.2, -0.15) is 0 Å². The number of nitrogens with zero attached hydrogens (tertiary/aromatic N) is 2. The molecule has 0 radical (unpaired) electrons. The molecule has 1 aliphatic carbocycles. The number of carboxylic acid groups (broad SMARTS) is 1. The molecular weight excluding hydrogens is 498 g/mol. The Balaban J connectivity index is 0.00000420. The van der Waals surface area contributed by atoms with Gasteiger partial charge < -0.3 is 25.8 Å². The lowest BCUT2D eigenvalue weighted by atomic mass is 9.94. The van der Waals surface area contributed by atoms with Crippen molar-refractivity contribution in [2.45, 2.75) is 26.3 Å². The summed E-state index contributed by atoms with van der Waals surface area (Å²) < 4.78 is 5.45. The van der Waals surface area contributed by atoms with Crippen molar-refractivity contribution in [2.75, 3.05) is 19.5 Å². The summed E-state index contributed by atoms with van der Waals surface area (Å²) >= 11 is 0. The van der Waals surface area contributed by atoms with Crippen LogP contribution in [0.5, 0.6) is 5.75 Å². The van der Waals surface area contributed by atoms with Crippen LogP contribution in [-0.4, -0.2) is 58.8 Å². The quantitative estimate of drug-likeness (QED) is 0.234. The lowest BCUT2D eigenvalue weighted by Gasteiger charge is -2.18. The van der Waals surface area contributed by atoms with Gasteiger partial charge in [-0.3, -0.25) is 15.0 Å². The molecule has 202 valence electrons. The number of ether oxygens (including phenoxy) is 1. The number of benzene rings is 2. The fraction of sp³-hybridized carbons (Fsp3) is 0.207. The highest BCUT2D eigenvalue weighted by atomic mass is 16.5. The van der Waals surface area contributed by atoms with Crippen molar-refractivity contribution in [3.05, 3.63) is 83.2 Å². The van der Waals surface area contributed by atoms with Gasteiger partial charge in [0.15, 0.2) is 5.69 Å². The van der Waals surface area contributed by atoms with Crippen molar-refractivity contribution in [1.82, 2.24) is 9.88 Å². The number of nitrogen functional groups attached to an aromatic ring is 1. The Hall–Kier alpha value is -4.99. The fourth-order valence-corrected chi connectivity index (χ4v) is 4.04. The van der Waals surface area contributed by atoms with Crippen LogP contribution < -0.4 is 15.8 Å². The van der Waals surface area contributed by atoms with Crippen LogP contribution >= 0.6 is 0 Å². The van der Waals surface area contributed by atoms with Gasteiger partial charge in [0.25, 0.3) is 11.8 Å². The molecule has 0 bridgehead atoms. The molecule has 3 aromatic rings. The van der Waals surface area contributed by atoms with Gasteiger partial charge in [0, 0.05) is 46.6 Å². The summed E-state index contributed by atoms with van der Waals surface area (Å²) in [6, 6.07) is 12.6. The number of nitrogens with two attached hydrogens (primary N) is 1. The first-order valence-corrected chi connectivity index (χ1v) is 11.8. The van der Waals surface area contributed by atoms with Crippen LogP contribution in [0, 0.1) is 5.41 Å². The van der Waals surface area contributed by atoms with E-state index < -0.39 is 11.9 Å². The highest BCUT2D eigenvalue weighted by molar-refractivity contribution is 6.11. The molecule has 39 heavy (non-hydrogen) atoms. The number of pyridine rings is 1. The Morgan fingerprint density at radius 3 is 2.36 bits per heavy atom. The SMILES string of the molecule is C.C=Cc1cc(C(=O)Nc2ccc(C(=N)N)cc2)c(-c2ccc(C(=O)N(C)C3CC3)nc2C(=O)O)cc1OC. The number of amides is 2. The number of hydrogen-bond acceptors (Lipinski definition) is 6. The van der Waals surface area contributed by atoms with Crippen LogP contribution in [0.1, 0.15) is 62.7 Å². The van der Waals surface area contributed by atoms with Crippen LogP contribution in [0.3, 0.4) is 0 Å². The monoisotopic (exact) mass is 529 g/mol. The van der Waals surface area contributed by atoms with Gasteiger partial charge in [-0.05, 0) is 61.4 Å². The molecule has 1 aliphatic rings. The zero-order valence-corrected chi connectivity index (χ0v) is 20.9. The highest BCUT2D eigenvalue weighted by Crippen LogP contribution is 2.35. The number of carbonyl (C=O) groups is 3. The molecular formula is C29H31N5O5. The Bertz CT molecular complexity index is 1460. The van der Waals surface area contributed by atoms with Crippen LogP contribution in [-0.2, 0) is 0 Å². The van der Waals surface area contributed by atoms with Crippen LogP contribution in [0.25, 0.3) is 17.2 Å². The third kappa shape index (κ3) is 5.96. The summed E-state index contributed by atoms with van der Waals surface area (Å²) in [6.45, 7) is 3.77. The Labute approximate surface area is 226 Å². The van der Waals surface area contributed by atoms with Gasteiger partial charge in [-0.15, -0.1) is 0 Å². The summed E-state index contributed by atoms with van der Waals surface area (Å²) in [6.07, 6.45) is 3.32. The van der Waals surface area contributed by atoms with E-state index in [1.54, 1.807) is 48.3 Å². The van der Waals surface area contributed by atoms with Gasteiger partial charge in [0.1, 0.15) is 17.3 Å². The molecule has 0 saturated heterocycles. The van der Waals surface area contributed by atoms with E-state index in [9.17, 15) is 19.5 Å². The molecule has 0 aliphatic heterocycles. The first-order chi connectivity index (χ1) is 18.1. The maximum Gasteiger partial charge on any atom is 0.355 e. The number of carbonyl (C=O) groups excluding carboxylic acids is 2. The number of anilines is 1. The Morgan fingerprint density at radius 1 is 1.15 bits per heavy atom. The van der Waals surface area contributed by atoms with Gasteiger partial charge >= 0.3 is 5.97 Å². The van der Waals surface area contributed by atoms with Crippen molar-refractivity contribution in [3.8, 4) is 16.9 Å². The van der Waals surface area contributed by atoms with Crippen molar-refractivity contribution < 1.29 is 24.2 Å². The van der Waals surface area contributed by atoms with Crippen molar-refractivity contribution in [1.29, 1.82) is 5.41 Å². The number of nitrogens with one attached hydrogen (secondary N) is 2. The molecule has 1 aromatic heterocycles. The topological polar surface area (TPSA) is 159 Å². The summed E-state index contributed by atoms with van der Waals surface area (Å²) in [5.41, 5.74) is 7.16. The first-order valence-electron chi connectivity index (χ1n) is 11.8. The highest BCUT2D eigenvalue weighted by Gasteiger charge is 2.31. The minimum absolute atomic E-state index is 0. The summed E-state index contributed by atoms with van der Waals surface area (Å²) in [5, 5.41) is 20.3. The minimum Gasteiger partial charge on any atom is -0.496 e. The van der Waals surface area contributed by atoms with Crippen LogP contribution in [0.2, 0.25) is 0 Å². The number of methoxy groups -OCH3 is 1. The van der Waals surface area contributed by atoms with Gasteiger partial charge in [-0.1, -0.05) is 20.1 Å². The average Bonchev–Trinajstić information content (AvgIpc) is 3.77. The van der Waals surface area contributed by atoms with E-state index in [1.165, 1.54) is 25.3 Å². The first kappa shape index (κ1) is 28.6. The molecule has 10 nitrogen and oxygen atoms in total. The number of amidine groups is 1. The second kappa shape index (κ2) is 11.6. The van der Waals surface area contributed by atoms with E-state index in [0.717, 1.165) is 12.8 Å². The average molecular weight is 530 g/mol. The predicted octanol–water partition coefficient (Wildman–Crippen LogP) is 4.51. The molecule has 0 unspecified atom stereocenters. The zero-order valence-electron chi connectivity index (χ0n) is 20.9. The van der Waals surface area contributed by atoms with E-state index in [1.807, 2.05) is 0 Å². The Morgan fingerprint density at radius 2 is 1.82 bits per heavy atom. The molecule has 2 amide bonds. The minimum atomic E-state index is -1.35. The molecule has 0 atom stereocenters. The van der Waals surface area contributed by atoms with E-state index in [2.05, 4.69) is 16.9 Å². The third-order valence-corrected chi connectivity index (χ3v) is 6.31. The Kier molecular flexibility index (Phi) is 8.50. The fourth-order valence-electron chi connectivity index (χ4n) is 4.04. The predicted molar refractivity (Wildman–Crippen MR) is 151 cm³/mol. The zero-order chi connectivity index (χ0) is 27.6. The molecule has 1 saturated carbocycles. The molecule has 10 heteroatoms. The molecule has 2 aromatic carbocycles. The number of aromatic nitrogens is 1. The van der Waals surface area contributed by atoms with E-state index in [0.29, 0.717) is 22.6 Å². The summed E-state index contributed by atoms with van der Waals surface area (Å²) in [4.78, 5) is 44.3. The molecule has 1 fully saturated rings. The molecule has 0 spiro atoms. The number of hydrogen-bond donors (Lipinski definition) is 4. The van der Waals surface area contributed by atoms with Crippen molar-refractivity contribution >= 4 is 35.4 Å². The number of rotatable bonds is 9. The standard InChI is InChI=1S/C28H27N5O5.CH4/c1-4-15-13-21(26(34)31-17-7-5-16(6-8-17)25(29)30)20(14-23(15)38-3)19-11-12-22(32-24(19)28(36)37)27(35)33(2)18-9-10-18;/h4-8,11-14,18H,1,9-10H2,2-3H3,(H3,29,30)(H,31,34)(H,36,37);1H4. The van der Waals surface area contributed by atoms with Gasteiger partial charge in [0.05, 0.1) is 7.11 Å². The lowest BCUT2D eigenvalue weighted by Crippen LogP contribution is -2.30. The second-order valence-corrected chi connectivity index (χ2v) is 8.83. The maximum absolute atomic E-state index is 13.4. The summed E-state index contributed by atoms with van der Waals surface area (Å²) in [5.74, 6) is -1.96. The molecule has 5 N–H and O–H groups in total. The second-order valence-electron chi connectivity index (χ2n) is 8.83. The number of carboxylic acids is 1. The number of aromatic carboxylic acids is 1. The molecule has 4 rings (SSSR count). The van der Waals surface area contributed by atoms with E-state index in [-0.39, 0.29) is 53.3 Å². The third-order valence-electron chi connectivity index (χ3n) is 6.31. The van der Waals surface area contributed by atoms with Crippen molar-refractivity contribution in [2.24, 2.45) is 5.73 Å². The maximum atomic E-state index is 13.4. The smallest absolute Gasteiger partial charge is 0.355 e. The van der Waals surface area contributed by atoms with Crippen LogP contribution in [0.4, 0.5) is 5.69 Å².